The van der Waals surface area contributed by atoms with Gasteiger partial charge in [0.05, 0.1) is 11.6 Å². The fourth-order valence-corrected chi connectivity index (χ4v) is 2.00. The zero-order chi connectivity index (χ0) is 13.7. The first-order valence-corrected chi connectivity index (χ1v) is 6.28. The molecule has 5 heteroatoms. The maximum absolute atomic E-state index is 13.6. The summed E-state index contributed by atoms with van der Waals surface area (Å²) in [6.45, 7) is 0.708. The molecular weight excluding hydrogens is 247 g/mol. The van der Waals surface area contributed by atoms with Crippen LogP contribution in [0.4, 0.5) is 4.39 Å². The Morgan fingerprint density at radius 2 is 2.37 bits per heavy atom. The van der Waals surface area contributed by atoms with E-state index in [0.29, 0.717) is 18.6 Å². The van der Waals surface area contributed by atoms with Crippen molar-refractivity contribution >= 4 is 5.91 Å². The van der Waals surface area contributed by atoms with E-state index in [1.807, 2.05) is 6.07 Å². The van der Waals surface area contributed by atoms with Crippen LogP contribution in [0.1, 0.15) is 30.4 Å². The Bertz CT molecular complexity index is 505. The van der Waals surface area contributed by atoms with E-state index in [4.69, 9.17) is 10.00 Å². The first-order chi connectivity index (χ1) is 9.20. The number of hydrogen-bond donors (Lipinski definition) is 1. The number of hydrogen-bond acceptors (Lipinski definition) is 3. The van der Waals surface area contributed by atoms with Crippen molar-refractivity contribution in [2.24, 2.45) is 0 Å². The number of nitrogens with zero attached hydrogens (tertiary/aromatic N) is 1. The van der Waals surface area contributed by atoms with E-state index in [-0.39, 0.29) is 18.0 Å². The van der Waals surface area contributed by atoms with Gasteiger partial charge < -0.3 is 10.1 Å². The van der Waals surface area contributed by atoms with Crippen LogP contribution in [0, 0.1) is 17.1 Å². The lowest BCUT2D eigenvalue weighted by Crippen LogP contribution is -2.38. The Labute approximate surface area is 111 Å². The van der Waals surface area contributed by atoms with Crippen molar-refractivity contribution in [3.63, 3.8) is 0 Å². The minimum absolute atomic E-state index is 0.107. The zero-order valence-electron chi connectivity index (χ0n) is 10.5. The summed E-state index contributed by atoms with van der Waals surface area (Å²) < 4.78 is 18.9. The van der Waals surface area contributed by atoms with E-state index in [9.17, 15) is 9.18 Å². The average molecular weight is 262 g/mol. The highest BCUT2D eigenvalue weighted by molar-refractivity contribution is 5.80. The molecule has 2 rings (SSSR count). The molecule has 1 atom stereocenters. The number of rotatable bonds is 3. The summed E-state index contributed by atoms with van der Waals surface area (Å²) in [5, 5.41) is 11.3. The van der Waals surface area contributed by atoms with Gasteiger partial charge in [0.15, 0.2) is 0 Å². The maximum atomic E-state index is 13.6. The van der Waals surface area contributed by atoms with Gasteiger partial charge in [0.1, 0.15) is 11.9 Å². The lowest BCUT2D eigenvalue weighted by atomic mass is 10.1. The lowest BCUT2D eigenvalue weighted by molar-refractivity contribution is -0.135. The summed E-state index contributed by atoms with van der Waals surface area (Å²) in [6, 6.07) is 6.07. The van der Waals surface area contributed by atoms with Crippen molar-refractivity contribution in [1.29, 1.82) is 5.26 Å². The average Bonchev–Trinajstić information content (AvgIpc) is 2.46. The van der Waals surface area contributed by atoms with Crippen molar-refractivity contribution < 1.29 is 13.9 Å². The predicted octanol–water partition coefficient (Wildman–Crippen LogP) is 1.88. The molecule has 0 aliphatic carbocycles. The maximum Gasteiger partial charge on any atom is 0.249 e. The Kier molecular flexibility index (Phi) is 4.48. The highest BCUT2D eigenvalue weighted by Gasteiger charge is 2.21. The topological polar surface area (TPSA) is 62.1 Å². The fraction of sp³-hybridized carbons (Fsp3) is 0.429. The van der Waals surface area contributed by atoms with Crippen LogP contribution in [0.2, 0.25) is 0 Å². The molecule has 0 bridgehead atoms. The monoisotopic (exact) mass is 262 g/mol. The molecular formula is C14H15FN2O2. The van der Waals surface area contributed by atoms with Crippen LogP contribution >= 0.6 is 0 Å². The summed E-state index contributed by atoms with van der Waals surface area (Å²) in [6.07, 6.45) is 2.24. The molecule has 1 aromatic carbocycles. The number of amides is 1. The van der Waals surface area contributed by atoms with E-state index in [0.717, 1.165) is 12.8 Å². The zero-order valence-corrected chi connectivity index (χ0v) is 10.5. The normalized spacial score (nSPS) is 18.6. The molecule has 1 N–H and O–H groups in total. The van der Waals surface area contributed by atoms with Gasteiger partial charge in [-0.05, 0) is 31.4 Å². The molecule has 0 aromatic heterocycles. The van der Waals surface area contributed by atoms with Crippen molar-refractivity contribution in [3.8, 4) is 6.07 Å². The number of nitrogens with one attached hydrogen (secondary N) is 1. The van der Waals surface area contributed by atoms with Crippen LogP contribution in [-0.2, 0) is 16.1 Å². The van der Waals surface area contributed by atoms with E-state index in [2.05, 4.69) is 5.32 Å². The molecule has 1 aliphatic heterocycles. The molecule has 0 saturated carbocycles. The SMILES string of the molecule is N#Cc1ccc(CNC(=O)C2CCCCO2)c(F)c1. The van der Waals surface area contributed by atoms with Crippen LogP contribution in [-0.4, -0.2) is 18.6 Å². The van der Waals surface area contributed by atoms with Crippen molar-refractivity contribution in [3.05, 3.63) is 35.1 Å². The Hall–Kier alpha value is -1.93. The fourth-order valence-electron chi connectivity index (χ4n) is 2.00. The number of carbonyl (C=O) groups excluding carboxylic acids is 1. The Balaban J connectivity index is 1.91. The summed E-state index contributed by atoms with van der Waals surface area (Å²) in [5.74, 6) is -0.688. The minimum Gasteiger partial charge on any atom is -0.368 e. The largest absolute Gasteiger partial charge is 0.368 e. The second-order valence-corrected chi connectivity index (χ2v) is 4.49. The number of carbonyl (C=O) groups is 1. The smallest absolute Gasteiger partial charge is 0.249 e. The highest BCUT2D eigenvalue weighted by Crippen LogP contribution is 2.13. The molecule has 1 amide bonds. The van der Waals surface area contributed by atoms with Crippen molar-refractivity contribution in [2.75, 3.05) is 6.61 Å². The van der Waals surface area contributed by atoms with E-state index < -0.39 is 11.9 Å². The third-order valence-electron chi connectivity index (χ3n) is 3.11. The second-order valence-electron chi connectivity index (χ2n) is 4.49. The van der Waals surface area contributed by atoms with E-state index in [1.165, 1.54) is 18.2 Å². The van der Waals surface area contributed by atoms with Gasteiger partial charge in [-0.15, -0.1) is 0 Å². The van der Waals surface area contributed by atoms with E-state index >= 15 is 0 Å². The van der Waals surface area contributed by atoms with Crippen LogP contribution in [0.5, 0.6) is 0 Å². The van der Waals surface area contributed by atoms with Crippen molar-refractivity contribution in [1.82, 2.24) is 5.32 Å². The highest BCUT2D eigenvalue weighted by atomic mass is 19.1. The molecule has 1 aromatic rings. The number of benzene rings is 1. The molecule has 1 heterocycles. The number of halogens is 1. The molecule has 0 radical (unpaired) electrons. The third kappa shape index (κ3) is 3.52. The van der Waals surface area contributed by atoms with Gasteiger partial charge in [0, 0.05) is 18.7 Å². The van der Waals surface area contributed by atoms with Gasteiger partial charge >= 0.3 is 0 Å². The quantitative estimate of drug-likeness (QED) is 0.904. The number of ether oxygens (including phenoxy) is 1. The molecule has 4 nitrogen and oxygen atoms in total. The molecule has 1 unspecified atom stereocenters. The van der Waals surface area contributed by atoms with Gasteiger partial charge in [-0.2, -0.15) is 5.26 Å². The molecule has 1 aliphatic rings. The molecule has 0 spiro atoms. The summed E-state index contributed by atoms with van der Waals surface area (Å²) in [4.78, 5) is 11.8. The van der Waals surface area contributed by atoms with Crippen molar-refractivity contribution in [2.45, 2.75) is 31.9 Å². The molecule has 1 fully saturated rings. The summed E-state index contributed by atoms with van der Waals surface area (Å²) in [5.41, 5.74) is 0.631. The molecule has 1 saturated heterocycles. The van der Waals surface area contributed by atoms with E-state index in [1.54, 1.807) is 0 Å². The van der Waals surface area contributed by atoms with Gasteiger partial charge in [-0.25, -0.2) is 4.39 Å². The number of nitriles is 1. The first kappa shape index (κ1) is 13.5. The van der Waals surface area contributed by atoms with Gasteiger partial charge in [0.2, 0.25) is 5.91 Å². The van der Waals surface area contributed by atoms with Crippen LogP contribution in [0.15, 0.2) is 18.2 Å². The second kappa shape index (κ2) is 6.30. The van der Waals surface area contributed by atoms with Crippen LogP contribution < -0.4 is 5.32 Å². The standard InChI is InChI=1S/C14H15FN2O2/c15-12-7-10(8-16)4-5-11(12)9-17-14(18)13-3-1-2-6-19-13/h4-5,7,13H,1-3,6,9H2,(H,17,18). The Morgan fingerprint density at radius 1 is 1.53 bits per heavy atom. The molecule has 19 heavy (non-hydrogen) atoms. The lowest BCUT2D eigenvalue weighted by Gasteiger charge is -2.21. The van der Waals surface area contributed by atoms with Gasteiger partial charge in [-0.1, -0.05) is 6.07 Å². The summed E-state index contributed by atoms with van der Waals surface area (Å²) in [7, 11) is 0. The Morgan fingerprint density at radius 3 is 3.00 bits per heavy atom. The van der Waals surface area contributed by atoms with Crippen LogP contribution in [0.3, 0.4) is 0 Å². The van der Waals surface area contributed by atoms with Crippen LogP contribution in [0.25, 0.3) is 0 Å². The van der Waals surface area contributed by atoms with Gasteiger partial charge in [0.25, 0.3) is 0 Å². The predicted molar refractivity (Wildman–Crippen MR) is 66.6 cm³/mol. The minimum atomic E-state index is -0.482. The third-order valence-corrected chi connectivity index (χ3v) is 3.11. The van der Waals surface area contributed by atoms with Gasteiger partial charge in [-0.3, -0.25) is 4.79 Å². The summed E-state index contributed by atoms with van der Waals surface area (Å²) >= 11 is 0. The first-order valence-electron chi connectivity index (χ1n) is 6.28. The molecule has 100 valence electrons.